The van der Waals surface area contributed by atoms with E-state index in [1.165, 1.54) is 18.6 Å². The number of carboxylic acids is 1. The fourth-order valence-corrected chi connectivity index (χ4v) is 5.90. The van der Waals surface area contributed by atoms with Crippen LogP contribution in [0.4, 0.5) is 4.39 Å². The van der Waals surface area contributed by atoms with Crippen LogP contribution in [-0.2, 0) is 29.0 Å². The van der Waals surface area contributed by atoms with Crippen molar-refractivity contribution >= 4 is 22.8 Å². The van der Waals surface area contributed by atoms with E-state index in [-0.39, 0.29) is 24.2 Å². The topological polar surface area (TPSA) is 65.8 Å². The lowest BCUT2D eigenvalue weighted by atomic mass is 9.97. The lowest BCUT2D eigenvalue weighted by molar-refractivity contribution is -0.139. The molecule has 6 nitrogen and oxygen atoms in total. The molecule has 184 valence electrons. The molecule has 0 saturated carbocycles. The summed E-state index contributed by atoms with van der Waals surface area (Å²) in [7, 11) is 1.88. The third-order valence-corrected chi connectivity index (χ3v) is 7.70. The molecular weight excluding hydrogens is 445 g/mol. The maximum atomic E-state index is 14.0. The van der Waals surface area contributed by atoms with Crippen LogP contribution in [0.5, 0.6) is 0 Å². The molecular formula is C28H32FN3O3. The number of aliphatic carboxylic acids is 1. The molecule has 2 aliphatic rings. The summed E-state index contributed by atoms with van der Waals surface area (Å²) >= 11 is 0. The van der Waals surface area contributed by atoms with Gasteiger partial charge >= 0.3 is 5.97 Å². The fraction of sp³-hybridized carbons (Fsp3) is 0.429. The van der Waals surface area contributed by atoms with Crippen molar-refractivity contribution < 1.29 is 19.1 Å². The smallest absolute Gasteiger partial charge is 0.307 e. The molecule has 1 fully saturated rings. The first-order valence-corrected chi connectivity index (χ1v) is 12.5. The molecule has 1 aromatic heterocycles. The van der Waals surface area contributed by atoms with Crippen molar-refractivity contribution in [3.8, 4) is 0 Å². The van der Waals surface area contributed by atoms with Crippen molar-refractivity contribution in [3.63, 3.8) is 0 Å². The van der Waals surface area contributed by atoms with E-state index in [0.29, 0.717) is 6.54 Å². The second-order valence-corrected chi connectivity index (χ2v) is 9.82. The molecule has 0 aliphatic carbocycles. The predicted molar refractivity (Wildman–Crippen MR) is 133 cm³/mol. The van der Waals surface area contributed by atoms with Crippen molar-refractivity contribution in [2.75, 3.05) is 20.1 Å². The first kappa shape index (κ1) is 23.5. The molecule has 3 aromatic rings. The van der Waals surface area contributed by atoms with Gasteiger partial charge in [0.2, 0.25) is 5.91 Å². The summed E-state index contributed by atoms with van der Waals surface area (Å²) in [4.78, 5) is 29.6. The maximum absolute atomic E-state index is 14.0. The standard InChI is InChI=1S/C28H32FN3O3/c1-30(28(35)27(31-15-5-2-6-16-31)19-9-11-20(29)12-10-19)21-13-14-25-23(17-26(33)34)22-7-3-4-8-24(22)32(25)18-21/h3-4,7-12,21,27H,2,5-6,13-18H2,1H3,(H,33,34)/t21-,27?/m1/s1. The summed E-state index contributed by atoms with van der Waals surface area (Å²) in [5.41, 5.74) is 3.81. The van der Waals surface area contributed by atoms with Crippen LogP contribution in [0.2, 0.25) is 0 Å². The number of para-hydroxylation sites is 1. The molecule has 2 aliphatic heterocycles. The van der Waals surface area contributed by atoms with Crippen LogP contribution in [-0.4, -0.2) is 57.5 Å². The van der Waals surface area contributed by atoms with E-state index in [4.69, 9.17) is 0 Å². The van der Waals surface area contributed by atoms with Gasteiger partial charge in [0.25, 0.3) is 0 Å². The SMILES string of the molecule is CN(C(=O)C(c1ccc(F)cc1)N1CCCCC1)[C@@H]1CCc2c(CC(=O)O)c3ccccc3n2C1. The Labute approximate surface area is 204 Å². The zero-order valence-corrected chi connectivity index (χ0v) is 20.1. The van der Waals surface area contributed by atoms with E-state index in [1.54, 1.807) is 12.1 Å². The summed E-state index contributed by atoms with van der Waals surface area (Å²) in [5, 5.41) is 10.5. The molecule has 2 atom stereocenters. The van der Waals surface area contributed by atoms with Gasteiger partial charge in [-0.2, -0.15) is 0 Å². The highest BCUT2D eigenvalue weighted by Crippen LogP contribution is 2.34. The normalized spacial score (nSPS) is 19.3. The first-order valence-electron chi connectivity index (χ1n) is 12.5. The van der Waals surface area contributed by atoms with Crippen LogP contribution in [0, 0.1) is 5.82 Å². The number of benzene rings is 2. The van der Waals surface area contributed by atoms with Crippen LogP contribution in [0.1, 0.15) is 48.5 Å². The van der Waals surface area contributed by atoms with Crippen LogP contribution in [0.15, 0.2) is 48.5 Å². The minimum absolute atomic E-state index is 0.00350. The first-order chi connectivity index (χ1) is 16.9. The second-order valence-electron chi connectivity index (χ2n) is 9.82. The minimum atomic E-state index is -0.831. The van der Waals surface area contributed by atoms with E-state index in [2.05, 4.69) is 9.47 Å². The number of carboxylic acid groups (broad SMARTS) is 1. The Morgan fingerprint density at radius 1 is 1.09 bits per heavy atom. The van der Waals surface area contributed by atoms with Gasteiger partial charge in [0.15, 0.2) is 0 Å². The highest BCUT2D eigenvalue weighted by Gasteiger charge is 2.35. The molecule has 0 radical (unpaired) electrons. The average molecular weight is 478 g/mol. The zero-order valence-electron chi connectivity index (χ0n) is 20.1. The molecule has 0 spiro atoms. The van der Waals surface area contributed by atoms with Crippen LogP contribution >= 0.6 is 0 Å². The molecule has 0 bridgehead atoms. The number of carbonyl (C=O) groups is 2. The van der Waals surface area contributed by atoms with E-state index in [1.807, 2.05) is 36.2 Å². The van der Waals surface area contributed by atoms with Crippen molar-refractivity contribution in [3.05, 3.63) is 71.2 Å². The fourth-order valence-electron chi connectivity index (χ4n) is 5.90. The monoisotopic (exact) mass is 477 g/mol. The number of aromatic nitrogens is 1. The van der Waals surface area contributed by atoms with Gasteiger partial charge in [-0.3, -0.25) is 14.5 Å². The Kier molecular flexibility index (Phi) is 6.60. The Hall–Kier alpha value is -3.19. The number of nitrogens with zero attached hydrogens (tertiary/aromatic N) is 3. The van der Waals surface area contributed by atoms with E-state index in [0.717, 1.165) is 66.5 Å². The summed E-state index contributed by atoms with van der Waals surface area (Å²) in [5.74, 6) is -1.10. The molecule has 3 heterocycles. The van der Waals surface area contributed by atoms with Crippen molar-refractivity contribution in [1.82, 2.24) is 14.4 Å². The van der Waals surface area contributed by atoms with Gasteiger partial charge < -0.3 is 14.6 Å². The number of amides is 1. The molecule has 1 unspecified atom stereocenters. The number of rotatable bonds is 6. The van der Waals surface area contributed by atoms with Gasteiger partial charge in [-0.1, -0.05) is 36.8 Å². The van der Waals surface area contributed by atoms with E-state index < -0.39 is 12.0 Å². The predicted octanol–water partition coefficient (Wildman–Crippen LogP) is 4.41. The number of likely N-dealkylation sites (tertiary alicyclic amines) is 1. The van der Waals surface area contributed by atoms with Gasteiger partial charge in [-0.25, -0.2) is 4.39 Å². The zero-order chi connectivity index (χ0) is 24.5. The molecule has 1 amide bonds. The third kappa shape index (κ3) is 4.57. The van der Waals surface area contributed by atoms with Crippen molar-refractivity contribution in [1.29, 1.82) is 0 Å². The van der Waals surface area contributed by atoms with E-state index >= 15 is 0 Å². The Morgan fingerprint density at radius 2 is 1.80 bits per heavy atom. The number of piperidine rings is 1. The van der Waals surface area contributed by atoms with Gasteiger partial charge in [0.1, 0.15) is 11.9 Å². The average Bonchev–Trinajstić information content (AvgIpc) is 3.18. The number of likely N-dealkylation sites (N-methyl/N-ethyl adjacent to an activating group) is 1. The van der Waals surface area contributed by atoms with Crippen LogP contribution in [0.25, 0.3) is 10.9 Å². The lowest BCUT2D eigenvalue weighted by Crippen LogP contribution is -2.49. The van der Waals surface area contributed by atoms with E-state index in [9.17, 15) is 19.1 Å². The third-order valence-electron chi connectivity index (χ3n) is 7.70. The summed E-state index contributed by atoms with van der Waals surface area (Å²) in [6, 6.07) is 13.8. The number of carbonyl (C=O) groups excluding carboxylic acids is 1. The maximum Gasteiger partial charge on any atom is 0.307 e. The Bertz CT molecular complexity index is 1230. The van der Waals surface area contributed by atoms with Gasteiger partial charge in [0.05, 0.1) is 6.42 Å². The number of hydrogen-bond acceptors (Lipinski definition) is 3. The highest BCUT2D eigenvalue weighted by molar-refractivity contribution is 5.89. The number of hydrogen-bond donors (Lipinski definition) is 1. The molecule has 5 rings (SSSR count). The molecule has 2 aromatic carbocycles. The van der Waals surface area contributed by atoms with Crippen molar-refractivity contribution in [2.45, 2.75) is 57.2 Å². The molecule has 7 heteroatoms. The largest absolute Gasteiger partial charge is 0.481 e. The number of fused-ring (bicyclic) bond motifs is 3. The van der Waals surface area contributed by atoms with Crippen molar-refractivity contribution in [2.24, 2.45) is 0 Å². The summed E-state index contributed by atoms with van der Waals surface area (Å²) in [6.07, 6.45) is 4.80. The van der Waals surface area contributed by atoms with Crippen LogP contribution < -0.4 is 0 Å². The summed E-state index contributed by atoms with van der Waals surface area (Å²) < 4.78 is 15.9. The molecule has 1 N–H and O–H groups in total. The lowest BCUT2D eigenvalue weighted by Gasteiger charge is -2.39. The van der Waals surface area contributed by atoms with Crippen LogP contribution in [0.3, 0.4) is 0 Å². The quantitative estimate of drug-likeness (QED) is 0.571. The Morgan fingerprint density at radius 3 is 2.51 bits per heavy atom. The highest BCUT2D eigenvalue weighted by atomic mass is 19.1. The number of halogens is 1. The van der Waals surface area contributed by atoms with Gasteiger partial charge in [0, 0.05) is 36.2 Å². The second kappa shape index (κ2) is 9.82. The molecule has 1 saturated heterocycles. The Balaban J connectivity index is 1.44. The summed E-state index contributed by atoms with van der Waals surface area (Å²) in [6.45, 7) is 2.35. The van der Waals surface area contributed by atoms with Gasteiger partial charge in [-0.15, -0.1) is 0 Å². The van der Waals surface area contributed by atoms with Gasteiger partial charge in [-0.05, 0) is 68.1 Å². The minimum Gasteiger partial charge on any atom is -0.481 e. The molecule has 35 heavy (non-hydrogen) atoms.